The zero-order chi connectivity index (χ0) is 16.0. The molecule has 1 atom stereocenters. The Labute approximate surface area is 122 Å². The normalized spacial score (nSPS) is 13.5. The Morgan fingerprint density at radius 1 is 1.57 bits per heavy atom. The van der Waals surface area contributed by atoms with Gasteiger partial charge >= 0.3 is 0 Å². The van der Waals surface area contributed by atoms with E-state index < -0.39 is 16.3 Å². The van der Waals surface area contributed by atoms with Gasteiger partial charge in [-0.25, -0.2) is 4.39 Å². The fourth-order valence-corrected chi connectivity index (χ4v) is 1.88. The second-order valence-electron chi connectivity index (χ2n) is 5.21. The molecule has 6 nitrogen and oxygen atoms in total. The lowest BCUT2D eigenvalue weighted by atomic mass is 9.99. The van der Waals surface area contributed by atoms with Gasteiger partial charge in [-0.1, -0.05) is 0 Å². The number of hydrogen-bond donors (Lipinski definition) is 1. The van der Waals surface area contributed by atoms with E-state index in [4.69, 9.17) is 10.00 Å². The maximum atomic E-state index is 13.6. The molecule has 0 saturated carbocycles. The highest BCUT2D eigenvalue weighted by Crippen LogP contribution is 2.23. The van der Waals surface area contributed by atoms with Crippen LogP contribution in [0.5, 0.6) is 5.75 Å². The molecule has 0 saturated heterocycles. The number of nitro benzene ring substituents is 1. The Kier molecular flexibility index (Phi) is 5.61. The van der Waals surface area contributed by atoms with Crippen molar-refractivity contribution in [3.8, 4) is 11.8 Å². The molecule has 0 aliphatic heterocycles. The highest BCUT2D eigenvalue weighted by atomic mass is 19.1. The van der Waals surface area contributed by atoms with Gasteiger partial charge in [-0.15, -0.1) is 0 Å². The van der Waals surface area contributed by atoms with Crippen LogP contribution in [0.25, 0.3) is 0 Å². The van der Waals surface area contributed by atoms with Crippen molar-refractivity contribution in [3.63, 3.8) is 0 Å². The molecule has 1 aromatic rings. The van der Waals surface area contributed by atoms with Crippen LogP contribution in [0.1, 0.15) is 27.2 Å². The molecule has 0 amide bonds. The first-order valence-corrected chi connectivity index (χ1v) is 6.53. The molecule has 0 heterocycles. The smallest absolute Gasteiger partial charge is 0.272 e. The predicted molar refractivity (Wildman–Crippen MR) is 75.5 cm³/mol. The fourth-order valence-electron chi connectivity index (χ4n) is 1.88. The predicted octanol–water partition coefficient (Wildman–Crippen LogP) is 2.78. The lowest BCUT2D eigenvalue weighted by Gasteiger charge is -2.25. The van der Waals surface area contributed by atoms with E-state index in [-0.39, 0.29) is 24.1 Å². The van der Waals surface area contributed by atoms with Gasteiger partial charge in [-0.05, 0) is 26.8 Å². The van der Waals surface area contributed by atoms with Crippen molar-refractivity contribution in [2.75, 3.05) is 6.61 Å². The number of hydrogen-bond acceptors (Lipinski definition) is 5. The Bertz CT molecular complexity index is 557. The molecule has 1 unspecified atom stereocenters. The zero-order valence-corrected chi connectivity index (χ0v) is 12.2. The third kappa shape index (κ3) is 5.00. The summed E-state index contributed by atoms with van der Waals surface area (Å²) < 4.78 is 18.9. The van der Waals surface area contributed by atoms with E-state index >= 15 is 0 Å². The second-order valence-corrected chi connectivity index (χ2v) is 5.21. The van der Waals surface area contributed by atoms with Crippen LogP contribution in [0.15, 0.2) is 18.2 Å². The summed E-state index contributed by atoms with van der Waals surface area (Å²) in [5.74, 6) is -0.856. The number of nitriles is 1. The van der Waals surface area contributed by atoms with Crippen LogP contribution >= 0.6 is 0 Å². The van der Waals surface area contributed by atoms with Gasteiger partial charge in [0.15, 0.2) is 11.6 Å². The Hall–Kier alpha value is -2.20. The first-order valence-electron chi connectivity index (χ1n) is 6.53. The number of non-ortho nitro benzene ring substituents is 1. The molecule has 1 aromatic carbocycles. The molecule has 1 rings (SSSR count). The summed E-state index contributed by atoms with van der Waals surface area (Å²) in [6.45, 7) is 5.71. The van der Waals surface area contributed by atoms with Gasteiger partial charge in [0.05, 0.1) is 23.7 Å². The second kappa shape index (κ2) is 6.99. The monoisotopic (exact) mass is 295 g/mol. The van der Waals surface area contributed by atoms with E-state index in [2.05, 4.69) is 11.4 Å². The van der Waals surface area contributed by atoms with Gasteiger partial charge in [-0.3, -0.25) is 15.4 Å². The minimum atomic E-state index is -0.792. The first-order chi connectivity index (χ1) is 9.77. The van der Waals surface area contributed by atoms with Crippen LogP contribution in [0, 0.1) is 27.3 Å². The van der Waals surface area contributed by atoms with Crippen molar-refractivity contribution < 1.29 is 14.1 Å². The summed E-state index contributed by atoms with van der Waals surface area (Å²) in [4.78, 5) is 9.83. The first kappa shape index (κ1) is 16.9. The maximum Gasteiger partial charge on any atom is 0.272 e. The van der Waals surface area contributed by atoms with Gasteiger partial charge in [0.1, 0.15) is 5.54 Å². The summed E-state index contributed by atoms with van der Waals surface area (Å²) in [6, 6.07) is 5.49. The quantitative estimate of drug-likeness (QED) is 0.617. The van der Waals surface area contributed by atoms with E-state index in [0.29, 0.717) is 6.42 Å². The molecule has 0 fully saturated rings. The van der Waals surface area contributed by atoms with Crippen LogP contribution < -0.4 is 10.1 Å². The number of rotatable bonds is 7. The third-order valence-corrected chi connectivity index (χ3v) is 2.84. The van der Waals surface area contributed by atoms with Crippen molar-refractivity contribution >= 4 is 5.69 Å². The number of halogens is 1. The van der Waals surface area contributed by atoms with Gasteiger partial charge in [0, 0.05) is 18.5 Å². The SMILES string of the molecule is CC(C)NC(C)(C#N)CCOc1ccc([N+](=O)[O-])cc1F. The Balaban J connectivity index is 2.64. The number of nitro groups is 1. The summed E-state index contributed by atoms with van der Waals surface area (Å²) in [6.07, 6.45) is 0.359. The van der Waals surface area contributed by atoms with Crippen molar-refractivity contribution in [1.82, 2.24) is 5.32 Å². The lowest BCUT2D eigenvalue weighted by molar-refractivity contribution is -0.385. The molecule has 0 aliphatic carbocycles. The zero-order valence-electron chi connectivity index (χ0n) is 12.2. The minimum Gasteiger partial charge on any atom is -0.490 e. The standard InChI is InChI=1S/C14H18FN3O3/c1-10(2)17-14(3,9-16)6-7-21-13-5-4-11(18(19)20)8-12(13)15/h4-5,8,10,17H,6-7H2,1-3H3. The van der Waals surface area contributed by atoms with Gasteiger partial charge in [0.2, 0.25) is 0 Å². The van der Waals surface area contributed by atoms with E-state index in [1.165, 1.54) is 12.1 Å². The lowest BCUT2D eigenvalue weighted by Crippen LogP contribution is -2.45. The van der Waals surface area contributed by atoms with Crippen molar-refractivity contribution in [2.24, 2.45) is 0 Å². The molecule has 0 aliphatic rings. The molecule has 114 valence electrons. The van der Waals surface area contributed by atoms with Gasteiger partial charge in [0.25, 0.3) is 5.69 Å². The molecule has 0 radical (unpaired) electrons. The fraction of sp³-hybridized carbons (Fsp3) is 0.500. The van der Waals surface area contributed by atoms with Crippen LogP contribution in [0.2, 0.25) is 0 Å². The molecule has 0 aromatic heterocycles. The molecule has 1 N–H and O–H groups in total. The molecule has 0 spiro atoms. The molecule has 21 heavy (non-hydrogen) atoms. The molecular weight excluding hydrogens is 277 g/mol. The molecule has 0 bridgehead atoms. The summed E-state index contributed by atoms with van der Waals surface area (Å²) >= 11 is 0. The number of nitrogens with zero attached hydrogens (tertiary/aromatic N) is 2. The van der Waals surface area contributed by atoms with Gasteiger partial charge < -0.3 is 4.74 Å². The van der Waals surface area contributed by atoms with Crippen molar-refractivity contribution in [1.29, 1.82) is 5.26 Å². The van der Waals surface area contributed by atoms with Gasteiger partial charge in [-0.2, -0.15) is 5.26 Å². The third-order valence-electron chi connectivity index (χ3n) is 2.84. The highest BCUT2D eigenvalue weighted by molar-refractivity contribution is 5.37. The topological polar surface area (TPSA) is 88.2 Å². The number of ether oxygens (including phenoxy) is 1. The summed E-state index contributed by atoms with van der Waals surface area (Å²) in [5.41, 5.74) is -1.10. The highest BCUT2D eigenvalue weighted by Gasteiger charge is 2.24. The Morgan fingerprint density at radius 3 is 2.71 bits per heavy atom. The number of nitrogens with one attached hydrogen (secondary N) is 1. The van der Waals surface area contributed by atoms with Crippen LogP contribution in [0.4, 0.5) is 10.1 Å². The van der Waals surface area contributed by atoms with Crippen molar-refractivity contribution in [2.45, 2.75) is 38.8 Å². The van der Waals surface area contributed by atoms with E-state index in [0.717, 1.165) is 6.07 Å². The Morgan fingerprint density at radius 2 is 2.24 bits per heavy atom. The molecule has 7 heteroatoms. The maximum absolute atomic E-state index is 13.6. The largest absolute Gasteiger partial charge is 0.490 e. The summed E-state index contributed by atoms with van der Waals surface area (Å²) in [7, 11) is 0. The average molecular weight is 295 g/mol. The van der Waals surface area contributed by atoms with E-state index in [9.17, 15) is 14.5 Å². The molecular formula is C14H18FN3O3. The van der Waals surface area contributed by atoms with Crippen LogP contribution in [-0.2, 0) is 0 Å². The van der Waals surface area contributed by atoms with E-state index in [1.807, 2.05) is 13.8 Å². The van der Waals surface area contributed by atoms with E-state index in [1.54, 1.807) is 6.92 Å². The summed E-state index contributed by atoms with van der Waals surface area (Å²) in [5, 5.41) is 22.8. The average Bonchev–Trinajstić information content (AvgIpc) is 2.39. The number of benzene rings is 1. The van der Waals surface area contributed by atoms with Crippen LogP contribution in [-0.4, -0.2) is 23.1 Å². The minimum absolute atomic E-state index is 0.0644. The van der Waals surface area contributed by atoms with Crippen LogP contribution in [0.3, 0.4) is 0 Å². The van der Waals surface area contributed by atoms with Crippen molar-refractivity contribution in [3.05, 3.63) is 34.1 Å².